The van der Waals surface area contributed by atoms with Gasteiger partial charge in [-0.15, -0.1) is 10.2 Å². The first-order valence-corrected chi connectivity index (χ1v) is 9.29. The summed E-state index contributed by atoms with van der Waals surface area (Å²) < 4.78 is 31.0. The quantitative estimate of drug-likeness (QED) is 0.401. The minimum atomic E-state index is -4.30. The Kier molecular flexibility index (Phi) is 5.43. The molecule has 0 bridgehead atoms. The Morgan fingerprint density at radius 3 is 1.93 bits per heavy atom. The fraction of sp³-hybridized carbons (Fsp3) is 0. The molecule has 3 aromatic rings. The predicted octanol–water partition coefficient (Wildman–Crippen LogP) is 5.18. The zero-order chi connectivity index (χ0) is 20.1. The van der Waals surface area contributed by atoms with Crippen LogP contribution in [0.2, 0.25) is 0 Å². The molecule has 3 rings (SSSR count). The van der Waals surface area contributed by atoms with Crippen molar-refractivity contribution in [1.82, 2.24) is 0 Å². The molecule has 0 fully saturated rings. The van der Waals surface area contributed by atoms with Gasteiger partial charge >= 0.3 is 0 Å². The molecule has 0 aliphatic rings. The highest BCUT2D eigenvalue weighted by Crippen LogP contribution is 2.44. The van der Waals surface area contributed by atoms with Crippen molar-refractivity contribution < 1.29 is 23.2 Å². The molecular weight excluding hydrogens is 384 g/mol. The lowest BCUT2D eigenvalue weighted by Gasteiger charge is -2.04. The number of hydrogen-bond acceptors (Lipinski definition) is 8. The van der Waals surface area contributed by atoms with Crippen molar-refractivity contribution in [1.29, 1.82) is 0 Å². The summed E-state index contributed by atoms with van der Waals surface area (Å²) >= 11 is 0. The lowest BCUT2D eigenvalue weighted by molar-refractivity contribution is 0.453. The molecule has 0 amide bonds. The number of azo groups is 2. The summed E-state index contributed by atoms with van der Waals surface area (Å²) in [6.45, 7) is 0. The van der Waals surface area contributed by atoms with Crippen LogP contribution in [-0.2, 0) is 10.1 Å². The van der Waals surface area contributed by atoms with Crippen LogP contribution < -0.4 is 0 Å². The molecule has 0 heterocycles. The van der Waals surface area contributed by atoms with Gasteiger partial charge in [-0.2, -0.15) is 18.6 Å². The Morgan fingerprint density at radius 1 is 0.679 bits per heavy atom. The van der Waals surface area contributed by atoms with Crippen LogP contribution in [0.15, 0.2) is 92.1 Å². The number of rotatable bonds is 5. The highest BCUT2D eigenvalue weighted by molar-refractivity contribution is 7.85. The number of benzene rings is 3. The maximum Gasteiger partial charge on any atom is 0.294 e. The summed E-state index contributed by atoms with van der Waals surface area (Å²) in [4.78, 5) is -0.275. The maximum atomic E-state index is 11.0. The first-order chi connectivity index (χ1) is 13.3. The van der Waals surface area contributed by atoms with Crippen molar-refractivity contribution in [2.24, 2.45) is 20.5 Å². The predicted molar refractivity (Wildman–Crippen MR) is 101 cm³/mol. The lowest BCUT2D eigenvalue weighted by Crippen LogP contribution is -1.96. The summed E-state index contributed by atoms with van der Waals surface area (Å²) in [5, 5.41) is 35.8. The topological polar surface area (TPSA) is 144 Å². The van der Waals surface area contributed by atoms with Gasteiger partial charge in [-0.25, -0.2) is 0 Å². The highest BCUT2D eigenvalue weighted by Gasteiger charge is 2.12. The minimum absolute atomic E-state index is 0.0265. The van der Waals surface area contributed by atoms with Crippen LogP contribution in [0.1, 0.15) is 0 Å². The van der Waals surface area contributed by atoms with E-state index in [1.54, 1.807) is 24.3 Å². The fourth-order valence-electron chi connectivity index (χ4n) is 2.14. The number of phenolic OH excluding ortho intramolecular Hbond substituents is 2. The fourth-order valence-corrected chi connectivity index (χ4v) is 2.62. The van der Waals surface area contributed by atoms with Gasteiger partial charge in [-0.1, -0.05) is 18.2 Å². The van der Waals surface area contributed by atoms with Crippen LogP contribution in [0.25, 0.3) is 0 Å². The van der Waals surface area contributed by atoms with Crippen LogP contribution in [0.3, 0.4) is 0 Å². The van der Waals surface area contributed by atoms with Gasteiger partial charge in [0.25, 0.3) is 10.1 Å². The zero-order valence-electron chi connectivity index (χ0n) is 14.2. The average Bonchev–Trinajstić information content (AvgIpc) is 2.68. The van der Waals surface area contributed by atoms with Gasteiger partial charge in [0.1, 0.15) is 11.4 Å². The second-order valence-corrected chi connectivity index (χ2v) is 6.93. The van der Waals surface area contributed by atoms with Gasteiger partial charge in [0, 0.05) is 0 Å². The number of aromatic hydroxyl groups is 2. The summed E-state index contributed by atoms with van der Waals surface area (Å²) in [7, 11) is -4.30. The van der Waals surface area contributed by atoms with Crippen LogP contribution in [-0.4, -0.2) is 23.2 Å². The summed E-state index contributed by atoms with van der Waals surface area (Å²) in [6, 6.07) is 16.4. The van der Waals surface area contributed by atoms with Crippen molar-refractivity contribution in [2.75, 3.05) is 0 Å². The minimum Gasteiger partial charge on any atom is -0.505 e. The maximum absolute atomic E-state index is 11.0. The molecule has 28 heavy (non-hydrogen) atoms. The van der Waals surface area contributed by atoms with Crippen molar-refractivity contribution in [2.45, 2.75) is 4.90 Å². The molecule has 3 N–H and O–H groups in total. The third-order valence-electron chi connectivity index (χ3n) is 3.54. The molecule has 0 aromatic heterocycles. The van der Waals surface area contributed by atoms with Crippen molar-refractivity contribution in [3.8, 4) is 11.5 Å². The molecule has 0 unspecified atom stereocenters. The third-order valence-corrected chi connectivity index (χ3v) is 4.41. The van der Waals surface area contributed by atoms with Gasteiger partial charge in [0.2, 0.25) is 0 Å². The van der Waals surface area contributed by atoms with Crippen LogP contribution in [0.4, 0.5) is 22.7 Å². The molecule has 0 radical (unpaired) electrons. The Bertz CT molecular complexity index is 1140. The van der Waals surface area contributed by atoms with E-state index >= 15 is 0 Å². The van der Waals surface area contributed by atoms with Crippen LogP contribution in [0, 0.1) is 0 Å². The molecule has 0 aliphatic carbocycles. The molecule has 0 saturated heterocycles. The van der Waals surface area contributed by atoms with Gasteiger partial charge < -0.3 is 10.2 Å². The Morgan fingerprint density at radius 2 is 1.29 bits per heavy atom. The molecule has 3 aromatic carbocycles. The smallest absolute Gasteiger partial charge is 0.294 e. The van der Waals surface area contributed by atoms with E-state index in [9.17, 15) is 18.6 Å². The van der Waals surface area contributed by atoms with Crippen molar-refractivity contribution in [3.63, 3.8) is 0 Å². The number of phenols is 2. The summed E-state index contributed by atoms with van der Waals surface area (Å²) in [5.74, 6) is -0.702. The van der Waals surface area contributed by atoms with E-state index in [1.165, 1.54) is 36.4 Å². The Hall–Kier alpha value is -3.63. The zero-order valence-corrected chi connectivity index (χ0v) is 15.0. The Labute approximate surface area is 160 Å². The van der Waals surface area contributed by atoms with Gasteiger partial charge in [-0.3, -0.25) is 4.55 Å². The van der Waals surface area contributed by atoms with Crippen LogP contribution >= 0.6 is 0 Å². The van der Waals surface area contributed by atoms with E-state index in [4.69, 9.17) is 4.55 Å². The second-order valence-electron chi connectivity index (χ2n) is 5.51. The molecule has 0 saturated carbocycles. The molecule has 0 spiro atoms. The van der Waals surface area contributed by atoms with E-state index in [0.29, 0.717) is 5.69 Å². The standard InChI is InChI=1S/C18H14N4O5S/c23-16-11-10-15(18(24)17(16)22-20-12-4-2-1-3-5-12)21-19-13-6-8-14(9-7-13)28(25,26)27/h1-11,23-24H,(H,25,26,27)/b21-19+,22-20+. The molecule has 9 nitrogen and oxygen atoms in total. The summed E-state index contributed by atoms with van der Waals surface area (Å²) in [6.07, 6.45) is 0. The van der Waals surface area contributed by atoms with Crippen molar-refractivity contribution >= 4 is 32.9 Å². The van der Waals surface area contributed by atoms with Gasteiger partial charge in [-0.05, 0) is 48.5 Å². The first kappa shape index (κ1) is 19.1. The normalized spacial score (nSPS) is 12.0. The molecule has 0 atom stereocenters. The monoisotopic (exact) mass is 398 g/mol. The lowest BCUT2D eigenvalue weighted by atomic mass is 10.2. The second kappa shape index (κ2) is 7.94. The van der Waals surface area contributed by atoms with E-state index < -0.39 is 15.9 Å². The van der Waals surface area contributed by atoms with E-state index in [-0.39, 0.29) is 27.7 Å². The average molecular weight is 398 g/mol. The SMILES string of the molecule is O=S(=O)(O)c1ccc(/N=N/c2ccc(O)c(/N=N/c3ccccc3)c2O)cc1. The number of hydrogen-bond donors (Lipinski definition) is 3. The van der Waals surface area contributed by atoms with Crippen molar-refractivity contribution in [3.05, 3.63) is 66.7 Å². The molecule has 0 aliphatic heterocycles. The first-order valence-electron chi connectivity index (χ1n) is 7.85. The van der Waals surface area contributed by atoms with Crippen LogP contribution in [0.5, 0.6) is 11.5 Å². The molecular formula is C18H14N4O5S. The van der Waals surface area contributed by atoms with E-state index in [0.717, 1.165) is 0 Å². The van der Waals surface area contributed by atoms with E-state index in [1.807, 2.05) is 6.07 Å². The highest BCUT2D eigenvalue weighted by atomic mass is 32.2. The third kappa shape index (κ3) is 4.55. The van der Waals surface area contributed by atoms with Gasteiger partial charge in [0.15, 0.2) is 11.4 Å². The molecule has 10 heteroatoms. The summed E-state index contributed by atoms with van der Waals surface area (Å²) in [5.41, 5.74) is 0.681. The number of nitrogens with zero attached hydrogens (tertiary/aromatic N) is 4. The van der Waals surface area contributed by atoms with E-state index in [2.05, 4.69) is 20.5 Å². The largest absolute Gasteiger partial charge is 0.505 e. The Balaban J connectivity index is 1.87. The van der Waals surface area contributed by atoms with Gasteiger partial charge in [0.05, 0.1) is 16.3 Å². The molecule has 142 valence electrons.